The van der Waals surface area contributed by atoms with Gasteiger partial charge in [0.2, 0.25) is 0 Å². The summed E-state index contributed by atoms with van der Waals surface area (Å²) in [5.74, 6) is -2.01. The number of hydrogen-bond donors (Lipinski definition) is 3. The van der Waals surface area contributed by atoms with Gasteiger partial charge in [0.1, 0.15) is 6.54 Å². The zero-order valence-electron chi connectivity index (χ0n) is 14.1. The Kier molecular flexibility index (Phi) is 7.56. The second kappa shape index (κ2) is 9.16. The minimum Gasteiger partial charge on any atom is -0.454 e. The first-order chi connectivity index (χ1) is 11.6. The monoisotopic (exact) mass is 413 g/mol. The summed E-state index contributed by atoms with van der Waals surface area (Å²) in [7, 11) is 0. The summed E-state index contributed by atoms with van der Waals surface area (Å²) in [5.41, 5.74) is -0.120. The Bertz CT molecular complexity index is 653. The zero-order chi connectivity index (χ0) is 19.0. The fourth-order valence-corrected chi connectivity index (χ4v) is 1.85. The van der Waals surface area contributed by atoms with E-state index in [2.05, 4.69) is 31.3 Å². The van der Waals surface area contributed by atoms with Gasteiger partial charge in [0, 0.05) is 15.6 Å². The van der Waals surface area contributed by atoms with Crippen molar-refractivity contribution in [3.63, 3.8) is 0 Å². The number of esters is 1. The van der Waals surface area contributed by atoms with Gasteiger partial charge in [-0.15, -0.1) is 0 Å². The van der Waals surface area contributed by atoms with Crippen molar-refractivity contribution in [3.05, 3.63) is 34.3 Å². The molecule has 136 valence electrons. The van der Waals surface area contributed by atoms with E-state index in [0.717, 1.165) is 4.47 Å². The van der Waals surface area contributed by atoms with Crippen molar-refractivity contribution in [2.24, 2.45) is 0 Å². The van der Waals surface area contributed by atoms with Gasteiger partial charge in [0.15, 0.2) is 6.61 Å². The lowest BCUT2D eigenvalue weighted by atomic mass is 10.1. The third kappa shape index (κ3) is 8.85. The highest BCUT2D eigenvalue weighted by molar-refractivity contribution is 9.10. The van der Waals surface area contributed by atoms with Crippen LogP contribution in [0.1, 0.15) is 31.1 Å². The van der Waals surface area contributed by atoms with Crippen molar-refractivity contribution in [2.75, 3.05) is 13.2 Å². The number of urea groups is 1. The van der Waals surface area contributed by atoms with Crippen molar-refractivity contribution in [1.29, 1.82) is 0 Å². The lowest BCUT2D eigenvalue weighted by molar-refractivity contribution is -0.147. The molecule has 0 saturated carbocycles. The highest BCUT2D eigenvalue weighted by atomic mass is 79.9. The lowest BCUT2D eigenvalue weighted by Gasteiger charge is -2.20. The zero-order valence-corrected chi connectivity index (χ0v) is 15.7. The average Bonchev–Trinajstić information content (AvgIpc) is 2.49. The molecule has 25 heavy (non-hydrogen) atoms. The number of carbonyl (C=O) groups excluding carboxylic acids is 4. The third-order valence-corrected chi connectivity index (χ3v) is 3.13. The Balaban J connectivity index is 2.30. The predicted octanol–water partition coefficient (Wildman–Crippen LogP) is 1.35. The van der Waals surface area contributed by atoms with Gasteiger partial charge >= 0.3 is 12.0 Å². The first-order valence-electron chi connectivity index (χ1n) is 7.38. The molecule has 4 amide bonds. The molecule has 0 radical (unpaired) electrons. The van der Waals surface area contributed by atoms with E-state index in [1.54, 1.807) is 45.0 Å². The molecule has 0 saturated heterocycles. The number of imide groups is 1. The molecule has 1 aromatic carbocycles. The van der Waals surface area contributed by atoms with Crippen molar-refractivity contribution in [1.82, 2.24) is 16.0 Å². The molecule has 0 heterocycles. The van der Waals surface area contributed by atoms with Crippen molar-refractivity contribution >= 4 is 39.7 Å². The van der Waals surface area contributed by atoms with E-state index in [1.165, 1.54) is 0 Å². The van der Waals surface area contributed by atoms with Crippen LogP contribution < -0.4 is 16.0 Å². The van der Waals surface area contributed by atoms with E-state index >= 15 is 0 Å². The summed E-state index contributed by atoms with van der Waals surface area (Å²) in [4.78, 5) is 46.3. The molecule has 0 spiro atoms. The largest absolute Gasteiger partial charge is 0.454 e. The van der Waals surface area contributed by atoms with Gasteiger partial charge in [0.05, 0.1) is 0 Å². The number of benzene rings is 1. The highest BCUT2D eigenvalue weighted by Gasteiger charge is 2.16. The van der Waals surface area contributed by atoms with Crippen molar-refractivity contribution in [2.45, 2.75) is 26.3 Å². The summed E-state index contributed by atoms with van der Waals surface area (Å²) < 4.78 is 5.51. The van der Waals surface area contributed by atoms with Gasteiger partial charge in [-0.2, -0.15) is 0 Å². The van der Waals surface area contributed by atoms with E-state index in [-0.39, 0.29) is 0 Å². The molecular formula is C16H20BrN3O5. The number of carbonyl (C=O) groups is 4. The fraction of sp³-hybridized carbons (Fsp3) is 0.375. The number of ether oxygens (including phenoxy) is 1. The molecule has 0 fully saturated rings. The summed E-state index contributed by atoms with van der Waals surface area (Å²) in [6.45, 7) is 4.25. The molecule has 1 aromatic rings. The second-order valence-electron chi connectivity index (χ2n) is 6.10. The lowest BCUT2D eigenvalue weighted by Crippen LogP contribution is -2.49. The predicted molar refractivity (Wildman–Crippen MR) is 93.9 cm³/mol. The Labute approximate surface area is 153 Å². The SMILES string of the molecule is CC(C)(C)NC(=O)NC(=O)COC(=O)CNC(=O)c1ccc(Br)cc1. The van der Waals surface area contributed by atoms with Gasteiger partial charge in [-0.1, -0.05) is 15.9 Å². The molecule has 0 bridgehead atoms. The number of halogens is 1. The van der Waals surface area contributed by atoms with Crippen LogP contribution in [0.2, 0.25) is 0 Å². The van der Waals surface area contributed by atoms with Gasteiger partial charge in [-0.3, -0.25) is 19.7 Å². The molecule has 9 heteroatoms. The van der Waals surface area contributed by atoms with E-state index in [9.17, 15) is 19.2 Å². The van der Waals surface area contributed by atoms with Gasteiger partial charge in [-0.05, 0) is 45.0 Å². The molecule has 0 aliphatic carbocycles. The van der Waals surface area contributed by atoms with Gasteiger partial charge in [0.25, 0.3) is 11.8 Å². The van der Waals surface area contributed by atoms with Crippen LogP contribution in [0.15, 0.2) is 28.7 Å². The number of rotatable bonds is 5. The molecule has 1 rings (SSSR count). The van der Waals surface area contributed by atoms with E-state index in [1.807, 2.05) is 5.32 Å². The molecule has 0 aliphatic rings. The Hall–Kier alpha value is -2.42. The second-order valence-corrected chi connectivity index (χ2v) is 7.02. The minimum absolute atomic E-state index is 0.382. The van der Waals surface area contributed by atoms with Gasteiger partial charge < -0.3 is 15.4 Å². The van der Waals surface area contributed by atoms with Crippen LogP contribution >= 0.6 is 15.9 Å². The number of amides is 4. The van der Waals surface area contributed by atoms with Crippen LogP contribution in [0.4, 0.5) is 4.79 Å². The van der Waals surface area contributed by atoms with Crippen molar-refractivity contribution in [3.8, 4) is 0 Å². The maximum atomic E-state index is 11.8. The first-order valence-corrected chi connectivity index (χ1v) is 8.17. The third-order valence-electron chi connectivity index (χ3n) is 2.61. The van der Waals surface area contributed by atoms with Crippen LogP contribution in [-0.2, 0) is 14.3 Å². The summed E-state index contributed by atoms with van der Waals surface area (Å²) >= 11 is 3.25. The maximum Gasteiger partial charge on any atom is 0.325 e. The average molecular weight is 414 g/mol. The van der Waals surface area contributed by atoms with Crippen LogP contribution in [0.25, 0.3) is 0 Å². The van der Waals surface area contributed by atoms with Crippen LogP contribution in [0.3, 0.4) is 0 Å². The van der Waals surface area contributed by atoms with E-state index in [4.69, 9.17) is 0 Å². The molecular weight excluding hydrogens is 394 g/mol. The fourth-order valence-electron chi connectivity index (χ4n) is 1.59. The highest BCUT2D eigenvalue weighted by Crippen LogP contribution is 2.10. The minimum atomic E-state index is -0.795. The topological polar surface area (TPSA) is 114 Å². The normalized spacial score (nSPS) is 10.6. The standard InChI is InChI=1S/C16H20BrN3O5/c1-16(2,3)20-15(24)19-12(21)9-25-13(22)8-18-14(23)10-4-6-11(17)7-5-10/h4-7H,8-9H2,1-3H3,(H,18,23)(H2,19,20,21,24). The summed E-state index contributed by atoms with van der Waals surface area (Å²) in [6, 6.07) is 5.88. The molecule has 8 nitrogen and oxygen atoms in total. The maximum absolute atomic E-state index is 11.8. The number of nitrogens with one attached hydrogen (secondary N) is 3. The Morgan fingerprint density at radius 3 is 2.24 bits per heavy atom. The smallest absolute Gasteiger partial charge is 0.325 e. The van der Waals surface area contributed by atoms with Crippen molar-refractivity contribution < 1.29 is 23.9 Å². The summed E-state index contributed by atoms with van der Waals surface area (Å²) in [5, 5.41) is 6.93. The Morgan fingerprint density at radius 2 is 1.68 bits per heavy atom. The van der Waals surface area contributed by atoms with Crippen LogP contribution in [-0.4, -0.2) is 42.5 Å². The molecule has 0 aliphatic heterocycles. The number of hydrogen-bond acceptors (Lipinski definition) is 5. The Morgan fingerprint density at radius 1 is 1.08 bits per heavy atom. The quantitative estimate of drug-likeness (QED) is 0.630. The molecule has 3 N–H and O–H groups in total. The molecule has 0 unspecified atom stereocenters. The summed E-state index contributed by atoms with van der Waals surface area (Å²) in [6.07, 6.45) is 0. The van der Waals surface area contributed by atoms with Gasteiger partial charge in [-0.25, -0.2) is 4.79 Å². The molecule has 0 atom stereocenters. The van der Waals surface area contributed by atoms with Crippen LogP contribution in [0, 0.1) is 0 Å². The van der Waals surface area contributed by atoms with Crippen LogP contribution in [0.5, 0.6) is 0 Å². The van der Waals surface area contributed by atoms with E-state index < -0.39 is 42.5 Å². The molecule has 0 aromatic heterocycles. The van der Waals surface area contributed by atoms with E-state index in [0.29, 0.717) is 5.56 Å². The first kappa shape index (κ1) is 20.6.